The zero-order valence-electron chi connectivity index (χ0n) is 21.6. The lowest BCUT2D eigenvalue weighted by Crippen LogP contribution is -2.30. The van der Waals surface area contributed by atoms with Crippen LogP contribution in [0, 0.1) is 0 Å². The van der Waals surface area contributed by atoms with Gasteiger partial charge in [-0.05, 0) is 109 Å². The number of hydrogen-bond acceptors (Lipinski definition) is 3. The number of thiocarbonyl (C=S) groups is 1. The van der Waals surface area contributed by atoms with Crippen LogP contribution in [-0.4, -0.2) is 20.8 Å². The third kappa shape index (κ3) is 4.55. The molecule has 1 saturated heterocycles. The largest absolute Gasteiger partial charge is 0.490 e. The van der Waals surface area contributed by atoms with Gasteiger partial charge < -0.3 is 19.5 Å². The molecule has 0 bridgehead atoms. The maximum absolute atomic E-state index is 6.24. The Morgan fingerprint density at radius 3 is 2.36 bits per heavy atom. The Labute approximate surface area is 234 Å². The summed E-state index contributed by atoms with van der Waals surface area (Å²) in [5.41, 5.74) is 4.24. The Kier molecular flexibility index (Phi) is 6.25. The van der Waals surface area contributed by atoms with Crippen LogP contribution in [-0.2, 0) is 0 Å². The molecule has 7 rings (SSSR count). The van der Waals surface area contributed by atoms with Gasteiger partial charge >= 0.3 is 0 Å². The first-order valence-electron chi connectivity index (χ1n) is 13.7. The van der Waals surface area contributed by atoms with E-state index in [1.807, 2.05) is 18.3 Å². The minimum atomic E-state index is -0.109. The molecule has 5 nitrogen and oxygen atoms in total. The van der Waals surface area contributed by atoms with E-state index in [0.717, 1.165) is 41.4 Å². The van der Waals surface area contributed by atoms with Crippen LogP contribution < -0.4 is 15.0 Å². The van der Waals surface area contributed by atoms with Gasteiger partial charge in [0.2, 0.25) is 0 Å². The van der Waals surface area contributed by atoms with E-state index in [2.05, 4.69) is 106 Å². The highest BCUT2D eigenvalue weighted by molar-refractivity contribution is 7.80. The zero-order chi connectivity index (χ0) is 26.2. The summed E-state index contributed by atoms with van der Waals surface area (Å²) in [5.74, 6) is 0.918. The predicted octanol–water partition coefficient (Wildman–Crippen LogP) is 7.52. The second-order valence-electron chi connectivity index (χ2n) is 10.3. The highest BCUT2D eigenvalue weighted by Crippen LogP contribution is 2.42. The molecule has 2 fully saturated rings. The van der Waals surface area contributed by atoms with Crippen molar-refractivity contribution in [2.45, 2.75) is 43.9 Å². The van der Waals surface area contributed by atoms with Crippen molar-refractivity contribution in [2.75, 3.05) is 4.90 Å². The van der Waals surface area contributed by atoms with Crippen molar-refractivity contribution >= 4 is 33.8 Å². The van der Waals surface area contributed by atoms with E-state index in [-0.39, 0.29) is 12.1 Å². The van der Waals surface area contributed by atoms with Crippen LogP contribution in [0.1, 0.15) is 49.2 Å². The van der Waals surface area contributed by atoms with Gasteiger partial charge in [-0.25, -0.2) is 0 Å². The van der Waals surface area contributed by atoms with Gasteiger partial charge in [-0.1, -0.05) is 36.4 Å². The summed E-state index contributed by atoms with van der Waals surface area (Å²) in [4.78, 5) is 6.94. The first-order valence-corrected chi connectivity index (χ1v) is 14.1. The van der Waals surface area contributed by atoms with E-state index in [1.165, 1.54) is 23.6 Å². The fourth-order valence-electron chi connectivity index (χ4n) is 6.01. The Balaban J connectivity index is 1.29. The van der Waals surface area contributed by atoms with Crippen LogP contribution in [0.4, 0.5) is 5.69 Å². The van der Waals surface area contributed by atoms with Crippen molar-refractivity contribution in [3.63, 3.8) is 0 Å². The molecule has 3 aromatic carbocycles. The van der Waals surface area contributed by atoms with Gasteiger partial charge in [0.1, 0.15) is 11.8 Å². The van der Waals surface area contributed by atoms with E-state index in [0.29, 0.717) is 11.2 Å². The van der Waals surface area contributed by atoms with E-state index in [9.17, 15) is 0 Å². The first-order chi connectivity index (χ1) is 19.2. The molecular weight excluding hydrogens is 500 g/mol. The standard InChI is InChI=1S/C33H30N4OS/c39-33-35-31(29-12-5-6-20-34-29)32(37(33)25-16-18-28(19-17-25)38-27-10-3-4-11-27)30-13-7-21-36(30)26-15-14-23-8-1-2-9-24(23)22-26/h1-2,5-9,12-22,27,31-32H,3-4,10-11H2,(H,35,39)/t31-,32-/m1/s1. The Morgan fingerprint density at radius 2 is 1.56 bits per heavy atom. The third-order valence-corrected chi connectivity index (χ3v) is 8.23. The van der Waals surface area contributed by atoms with E-state index in [4.69, 9.17) is 21.9 Å². The van der Waals surface area contributed by atoms with Crippen molar-refractivity contribution in [1.29, 1.82) is 0 Å². The number of hydrogen-bond donors (Lipinski definition) is 1. The summed E-state index contributed by atoms with van der Waals surface area (Å²) in [6.45, 7) is 0. The molecule has 0 radical (unpaired) electrons. The maximum atomic E-state index is 6.24. The zero-order valence-corrected chi connectivity index (χ0v) is 22.4. The molecule has 2 atom stereocenters. The van der Waals surface area contributed by atoms with Gasteiger partial charge in [0, 0.05) is 29.5 Å². The molecular formula is C33H30N4OS. The molecule has 5 aromatic rings. The summed E-state index contributed by atoms with van der Waals surface area (Å²) in [6.07, 6.45) is 9.10. The smallest absolute Gasteiger partial charge is 0.174 e. The summed E-state index contributed by atoms with van der Waals surface area (Å²) in [5, 5.41) is 6.72. The van der Waals surface area contributed by atoms with Crippen LogP contribution in [0.15, 0.2) is 109 Å². The lowest BCUT2D eigenvalue weighted by molar-refractivity contribution is 0.210. The molecule has 6 heteroatoms. The Hall–Kier alpha value is -4.16. The van der Waals surface area contributed by atoms with Gasteiger partial charge in [0.15, 0.2) is 5.11 Å². The van der Waals surface area contributed by atoms with Crippen molar-refractivity contribution in [3.8, 4) is 11.4 Å². The van der Waals surface area contributed by atoms with Crippen molar-refractivity contribution in [1.82, 2.24) is 14.9 Å². The summed E-state index contributed by atoms with van der Waals surface area (Å²) in [7, 11) is 0. The van der Waals surface area contributed by atoms with Gasteiger partial charge in [-0.15, -0.1) is 0 Å². The van der Waals surface area contributed by atoms with Crippen LogP contribution in [0.5, 0.6) is 5.75 Å². The number of aromatic nitrogens is 2. The molecule has 0 amide bonds. The fourth-order valence-corrected chi connectivity index (χ4v) is 6.36. The molecule has 39 heavy (non-hydrogen) atoms. The quantitative estimate of drug-likeness (QED) is 0.230. The molecule has 1 aliphatic heterocycles. The topological polar surface area (TPSA) is 42.3 Å². The molecule has 1 saturated carbocycles. The molecule has 1 aliphatic carbocycles. The number of pyridine rings is 1. The number of fused-ring (bicyclic) bond motifs is 1. The van der Waals surface area contributed by atoms with Gasteiger partial charge in [-0.2, -0.15) is 0 Å². The number of ether oxygens (including phenoxy) is 1. The fraction of sp³-hybridized carbons (Fsp3) is 0.212. The van der Waals surface area contributed by atoms with Crippen LogP contribution >= 0.6 is 12.2 Å². The third-order valence-electron chi connectivity index (χ3n) is 7.91. The average molecular weight is 531 g/mol. The lowest BCUT2D eigenvalue weighted by atomic mass is 10.0. The minimum absolute atomic E-state index is 0.101. The van der Waals surface area contributed by atoms with Gasteiger partial charge in [-0.3, -0.25) is 4.98 Å². The average Bonchev–Trinajstić information content (AvgIpc) is 3.74. The van der Waals surface area contributed by atoms with Crippen LogP contribution in [0.25, 0.3) is 16.5 Å². The van der Waals surface area contributed by atoms with Crippen molar-refractivity contribution in [3.05, 3.63) is 121 Å². The van der Waals surface area contributed by atoms with Crippen molar-refractivity contribution < 1.29 is 4.74 Å². The second-order valence-corrected chi connectivity index (χ2v) is 10.7. The Bertz CT molecular complexity index is 1610. The Morgan fingerprint density at radius 1 is 0.795 bits per heavy atom. The number of nitrogens with zero attached hydrogens (tertiary/aromatic N) is 3. The molecule has 2 aliphatic rings. The number of benzene rings is 3. The van der Waals surface area contributed by atoms with Gasteiger partial charge in [0.05, 0.1) is 17.8 Å². The monoisotopic (exact) mass is 530 g/mol. The second kappa shape index (κ2) is 10.2. The summed E-state index contributed by atoms with van der Waals surface area (Å²) >= 11 is 5.97. The summed E-state index contributed by atoms with van der Waals surface area (Å²) < 4.78 is 8.51. The number of rotatable bonds is 6. The minimum Gasteiger partial charge on any atom is -0.490 e. The number of anilines is 1. The summed E-state index contributed by atoms with van der Waals surface area (Å²) in [6, 6.07) is 33.6. The van der Waals surface area contributed by atoms with Crippen LogP contribution in [0.2, 0.25) is 0 Å². The lowest BCUT2D eigenvalue weighted by Gasteiger charge is -2.29. The SMILES string of the molecule is S=C1N[C@H](c2ccccn2)[C@@H](c2cccn2-c2ccc3ccccc3c2)N1c1ccc(OC2CCCC2)cc1. The van der Waals surface area contributed by atoms with Crippen molar-refractivity contribution in [2.24, 2.45) is 0 Å². The van der Waals surface area contributed by atoms with Crippen LogP contribution in [0.3, 0.4) is 0 Å². The molecule has 0 spiro atoms. The van der Waals surface area contributed by atoms with E-state index >= 15 is 0 Å². The molecule has 0 unspecified atom stereocenters. The molecule has 2 aromatic heterocycles. The molecule has 3 heterocycles. The van der Waals surface area contributed by atoms with E-state index in [1.54, 1.807) is 0 Å². The molecule has 194 valence electrons. The predicted molar refractivity (Wildman–Crippen MR) is 161 cm³/mol. The number of nitrogens with one attached hydrogen (secondary N) is 1. The van der Waals surface area contributed by atoms with Gasteiger partial charge in [0.25, 0.3) is 0 Å². The normalized spacial score (nSPS) is 19.5. The van der Waals surface area contributed by atoms with E-state index < -0.39 is 0 Å². The highest BCUT2D eigenvalue weighted by atomic mass is 32.1. The first kappa shape index (κ1) is 23.9. The molecule has 1 N–H and O–H groups in total. The maximum Gasteiger partial charge on any atom is 0.174 e. The highest BCUT2D eigenvalue weighted by Gasteiger charge is 2.42.